The molecule has 0 heterocycles. The van der Waals surface area contributed by atoms with E-state index in [-0.39, 0.29) is 0 Å². The molecule has 0 fully saturated rings. The molecule has 0 aromatic heterocycles. The van der Waals surface area contributed by atoms with Crippen LogP contribution in [0.1, 0.15) is 135 Å². The van der Waals surface area contributed by atoms with Gasteiger partial charge in [-0.25, -0.2) is 0 Å². The third-order valence-electron chi connectivity index (χ3n) is 6.21. The Morgan fingerprint density at radius 2 is 0.719 bits per heavy atom. The van der Waals surface area contributed by atoms with Gasteiger partial charge in [0.05, 0.1) is 0 Å². The number of rotatable bonds is 28. The number of hydrogen-bond donors (Lipinski definition) is 4. The minimum Gasteiger partial charge on any atom is -0.481 e. The van der Waals surface area contributed by atoms with Crippen LogP contribution in [0.25, 0.3) is 0 Å². The molecule has 0 saturated carbocycles. The predicted octanol–water partition coefficient (Wildman–Crippen LogP) is 6.43. The Labute approximate surface area is 199 Å². The zero-order valence-corrected chi connectivity index (χ0v) is 21.2. The molecule has 0 aliphatic rings. The van der Waals surface area contributed by atoms with Gasteiger partial charge in [-0.3, -0.25) is 4.79 Å². The summed E-state index contributed by atoms with van der Waals surface area (Å²) in [5.41, 5.74) is 0. The minimum atomic E-state index is -0.662. The van der Waals surface area contributed by atoms with Crippen LogP contribution in [-0.2, 0) is 4.79 Å². The van der Waals surface area contributed by atoms with Crippen molar-refractivity contribution < 1.29 is 15.0 Å². The topological polar surface area (TPSA) is 81.6 Å². The zero-order chi connectivity index (χ0) is 23.4. The molecular formula is C27H56N2O3. The molecule has 32 heavy (non-hydrogen) atoms. The first-order valence-corrected chi connectivity index (χ1v) is 14.0. The number of carboxylic acid groups (broad SMARTS) is 1. The summed E-state index contributed by atoms with van der Waals surface area (Å²) in [7, 11) is 0. The van der Waals surface area contributed by atoms with Crippen LogP contribution in [0, 0.1) is 0 Å². The molecule has 0 aromatic carbocycles. The summed E-state index contributed by atoms with van der Waals surface area (Å²) in [4.78, 5) is 10.4. The fraction of sp³-hybridized carbons (Fsp3) is 0.963. The average molecular weight is 457 g/mol. The van der Waals surface area contributed by atoms with Gasteiger partial charge in [0.2, 0.25) is 0 Å². The summed E-state index contributed by atoms with van der Waals surface area (Å²) >= 11 is 0. The number of carboxylic acids is 1. The second-order valence-electron chi connectivity index (χ2n) is 9.44. The summed E-state index contributed by atoms with van der Waals surface area (Å²) in [6, 6.07) is 0. The van der Waals surface area contributed by atoms with E-state index in [4.69, 9.17) is 10.2 Å². The molecule has 5 heteroatoms. The van der Waals surface area contributed by atoms with Crippen molar-refractivity contribution in [2.24, 2.45) is 0 Å². The number of aliphatic hydroxyl groups excluding tert-OH is 1. The standard InChI is InChI=1S/C27H56N2O3/c30-26-20-14-8-13-19-25-29-24-18-12-7-3-6-11-17-23-28-22-16-10-5-2-1-4-9-15-21-27(31)32/h28-30H,1-26H2,(H,31,32). The van der Waals surface area contributed by atoms with E-state index in [2.05, 4.69) is 10.6 Å². The molecule has 0 aliphatic heterocycles. The van der Waals surface area contributed by atoms with E-state index in [1.807, 2.05) is 0 Å². The van der Waals surface area contributed by atoms with Crippen molar-refractivity contribution in [3.05, 3.63) is 0 Å². The molecule has 0 amide bonds. The highest BCUT2D eigenvalue weighted by Gasteiger charge is 1.97. The fourth-order valence-electron chi connectivity index (χ4n) is 4.11. The first-order valence-electron chi connectivity index (χ1n) is 14.0. The van der Waals surface area contributed by atoms with Crippen LogP contribution in [0.4, 0.5) is 0 Å². The molecule has 0 unspecified atom stereocenters. The van der Waals surface area contributed by atoms with Crippen molar-refractivity contribution in [2.75, 3.05) is 32.8 Å². The van der Waals surface area contributed by atoms with Gasteiger partial charge in [0.1, 0.15) is 0 Å². The summed E-state index contributed by atoms with van der Waals surface area (Å²) < 4.78 is 0. The smallest absolute Gasteiger partial charge is 0.303 e. The van der Waals surface area contributed by atoms with Crippen LogP contribution in [0.3, 0.4) is 0 Å². The van der Waals surface area contributed by atoms with Crippen LogP contribution >= 0.6 is 0 Å². The number of aliphatic hydroxyl groups is 1. The van der Waals surface area contributed by atoms with Gasteiger partial charge in [-0.1, -0.05) is 89.9 Å². The van der Waals surface area contributed by atoms with Gasteiger partial charge >= 0.3 is 5.97 Å². The highest BCUT2D eigenvalue weighted by molar-refractivity contribution is 5.66. The average Bonchev–Trinajstić information content (AvgIpc) is 2.78. The third kappa shape index (κ3) is 29.4. The van der Waals surface area contributed by atoms with Crippen molar-refractivity contribution in [3.63, 3.8) is 0 Å². The third-order valence-corrected chi connectivity index (χ3v) is 6.21. The molecule has 0 aromatic rings. The van der Waals surface area contributed by atoms with E-state index in [1.54, 1.807) is 0 Å². The van der Waals surface area contributed by atoms with Gasteiger partial charge in [-0.05, 0) is 64.7 Å². The molecule has 0 spiro atoms. The van der Waals surface area contributed by atoms with Crippen LogP contribution in [0.15, 0.2) is 0 Å². The molecule has 0 rings (SSSR count). The Balaban J connectivity index is 3.00. The summed E-state index contributed by atoms with van der Waals surface area (Å²) in [5.74, 6) is -0.662. The number of nitrogens with one attached hydrogen (secondary N) is 2. The summed E-state index contributed by atoms with van der Waals surface area (Å²) in [5, 5.41) is 24.5. The molecule has 0 atom stereocenters. The lowest BCUT2D eigenvalue weighted by Crippen LogP contribution is -2.16. The van der Waals surface area contributed by atoms with Crippen molar-refractivity contribution in [2.45, 2.75) is 135 Å². The number of hydrogen-bond acceptors (Lipinski definition) is 4. The maximum Gasteiger partial charge on any atom is 0.303 e. The van der Waals surface area contributed by atoms with Gasteiger partial charge in [0.25, 0.3) is 0 Å². The number of aliphatic carboxylic acids is 1. The fourth-order valence-corrected chi connectivity index (χ4v) is 4.11. The molecule has 4 N–H and O–H groups in total. The normalized spacial score (nSPS) is 11.3. The van der Waals surface area contributed by atoms with Crippen LogP contribution in [-0.4, -0.2) is 49.0 Å². The molecule has 5 nitrogen and oxygen atoms in total. The van der Waals surface area contributed by atoms with Gasteiger partial charge in [0.15, 0.2) is 0 Å². The molecule has 0 bridgehead atoms. The van der Waals surface area contributed by atoms with E-state index in [9.17, 15) is 4.79 Å². The van der Waals surface area contributed by atoms with E-state index < -0.39 is 5.97 Å². The maximum atomic E-state index is 10.4. The van der Waals surface area contributed by atoms with E-state index in [0.717, 1.165) is 32.4 Å². The SMILES string of the molecule is O=C(O)CCCCCCCCCCNCCCCCCCCCNCCCCCCCO. The van der Waals surface area contributed by atoms with Gasteiger partial charge < -0.3 is 20.8 Å². The molecule has 0 radical (unpaired) electrons. The van der Waals surface area contributed by atoms with Gasteiger partial charge in [-0.2, -0.15) is 0 Å². The predicted molar refractivity (Wildman–Crippen MR) is 137 cm³/mol. The summed E-state index contributed by atoms with van der Waals surface area (Å²) in [6.07, 6.45) is 25.4. The Morgan fingerprint density at radius 3 is 1.03 bits per heavy atom. The van der Waals surface area contributed by atoms with Crippen LogP contribution in [0.5, 0.6) is 0 Å². The van der Waals surface area contributed by atoms with E-state index in [0.29, 0.717) is 13.0 Å². The van der Waals surface area contributed by atoms with E-state index >= 15 is 0 Å². The number of carbonyl (C=O) groups is 1. The highest BCUT2D eigenvalue weighted by atomic mass is 16.4. The second kappa shape index (κ2) is 28.4. The van der Waals surface area contributed by atoms with Crippen molar-refractivity contribution in [1.82, 2.24) is 10.6 Å². The Kier molecular flexibility index (Phi) is 27.8. The molecule has 192 valence electrons. The Hall–Kier alpha value is -0.650. The van der Waals surface area contributed by atoms with Crippen LogP contribution in [0.2, 0.25) is 0 Å². The van der Waals surface area contributed by atoms with Crippen molar-refractivity contribution in [1.29, 1.82) is 0 Å². The van der Waals surface area contributed by atoms with E-state index in [1.165, 1.54) is 122 Å². The van der Waals surface area contributed by atoms with Gasteiger partial charge in [0, 0.05) is 13.0 Å². The summed E-state index contributed by atoms with van der Waals surface area (Å²) in [6.45, 7) is 5.01. The minimum absolute atomic E-state index is 0.331. The lowest BCUT2D eigenvalue weighted by molar-refractivity contribution is -0.137. The van der Waals surface area contributed by atoms with Crippen molar-refractivity contribution in [3.8, 4) is 0 Å². The Morgan fingerprint density at radius 1 is 0.438 bits per heavy atom. The monoisotopic (exact) mass is 456 g/mol. The lowest BCUT2D eigenvalue weighted by atomic mass is 10.1. The quantitative estimate of drug-likeness (QED) is 0.102. The molecular weight excluding hydrogens is 400 g/mol. The first-order chi connectivity index (χ1) is 15.8. The maximum absolute atomic E-state index is 10.4. The zero-order valence-electron chi connectivity index (χ0n) is 21.2. The Bertz CT molecular complexity index is 367. The van der Waals surface area contributed by atoms with Crippen molar-refractivity contribution >= 4 is 5.97 Å². The number of unbranched alkanes of at least 4 members (excludes halogenated alkanes) is 17. The first kappa shape index (κ1) is 31.4. The van der Waals surface area contributed by atoms with Gasteiger partial charge in [-0.15, -0.1) is 0 Å². The largest absolute Gasteiger partial charge is 0.481 e. The molecule has 0 saturated heterocycles. The second-order valence-corrected chi connectivity index (χ2v) is 9.44. The lowest BCUT2D eigenvalue weighted by Gasteiger charge is -2.06. The highest BCUT2D eigenvalue weighted by Crippen LogP contribution is 2.10. The van der Waals surface area contributed by atoms with Crippen LogP contribution < -0.4 is 10.6 Å². The molecule has 0 aliphatic carbocycles.